The monoisotopic (exact) mass is 325 g/mol. The average Bonchev–Trinajstić information content (AvgIpc) is 2.53. The predicted molar refractivity (Wildman–Crippen MR) is 95.9 cm³/mol. The zero-order chi connectivity index (χ0) is 17.3. The van der Waals surface area contributed by atoms with E-state index in [0.717, 1.165) is 24.1 Å². The zero-order valence-corrected chi connectivity index (χ0v) is 14.3. The first-order valence-corrected chi connectivity index (χ1v) is 8.08. The van der Waals surface area contributed by atoms with Crippen LogP contribution >= 0.6 is 0 Å². The number of aromatic nitrogens is 3. The first kappa shape index (κ1) is 16.2. The van der Waals surface area contributed by atoms with Gasteiger partial charge in [-0.1, -0.05) is 39.0 Å². The molecule has 1 aliphatic heterocycles. The maximum absolute atomic E-state index is 9.70. The number of aromatic hydroxyl groups is 1. The van der Waals surface area contributed by atoms with Crippen molar-refractivity contribution in [3.63, 3.8) is 0 Å². The molecule has 3 N–H and O–H groups in total. The number of nitrogens with two attached hydrogens (primary N) is 1. The van der Waals surface area contributed by atoms with Gasteiger partial charge in [0.25, 0.3) is 0 Å². The van der Waals surface area contributed by atoms with Gasteiger partial charge in [0, 0.05) is 18.5 Å². The maximum Gasteiger partial charge on any atom is 0.230 e. The molecule has 6 heteroatoms. The molecule has 3 rings (SSSR count). The van der Waals surface area contributed by atoms with E-state index in [-0.39, 0.29) is 17.1 Å². The van der Waals surface area contributed by atoms with Crippen LogP contribution in [0, 0.1) is 0 Å². The van der Waals surface area contributed by atoms with Crippen LogP contribution in [0.4, 0.5) is 11.9 Å². The Hall–Kier alpha value is -2.63. The van der Waals surface area contributed by atoms with E-state index < -0.39 is 0 Å². The Balaban J connectivity index is 1.89. The van der Waals surface area contributed by atoms with E-state index in [9.17, 15) is 5.11 Å². The Kier molecular flexibility index (Phi) is 4.13. The summed E-state index contributed by atoms with van der Waals surface area (Å²) in [7, 11) is 0. The lowest BCUT2D eigenvalue weighted by Crippen LogP contribution is -2.32. The molecule has 1 aliphatic rings. The topological polar surface area (TPSA) is 88.2 Å². The van der Waals surface area contributed by atoms with Gasteiger partial charge in [-0.25, -0.2) is 0 Å². The van der Waals surface area contributed by atoms with Crippen molar-refractivity contribution in [1.82, 2.24) is 15.0 Å². The third-order valence-corrected chi connectivity index (χ3v) is 3.96. The van der Waals surface area contributed by atoms with Gasteiger partial charge in [0.2, 0.25) is 11.9 Å². The normalized spacial score (nSPS) is 15.3. The number of nitrogens with zero attached hydrogens (tertiary/aromatic N) is 4. The van der Waals surface area contributed by atoms with Crippen LogP contribution in [0.5, 0.6) is 5.75 Å². The van der Waals surface area contributed by atoms with Crippen molar-refractivity contribution in [3.8, 4) is 5.75 Å². The van der Waals surface area contributed by atoms with Crippen molar-refractivity contribution >= 4 is 17.5 Å². The van der Waals surface area contributed by atoms with E-state index in [4.69, 9.17) is 5.73 Å². The summed E-state index contributed by atoms with van der Waals surface area (Å²) in [5, 5.41) is 9.70. The van der Waals surface area contributed by atoms with Crippen molar-refractivity contribution in [2.45, 2.75) is 32.6 Å². The third kappa shape index (κ3) is 3.48. The number of nitrogen functional groups attached to an aromatic ring is 1. The Morgan fingerprint density at radius 1 is 1.17 bits per heavy atom. The highest BCUT2D eigenvalue weighted by Crippen LogP contribution is 2.27. The largest absolute Gasteiger partial charge is 0.508 e. The van der Waals surface area contributed by atoms with E-state index in [2.05, 4.69) is 46.7 Å². The molecule has 0 saturated carbocycles. The van der Waals surface area contributed by atoms with Crippen LogP contribution in [0.15, 0.2) is 30.3 Å². The molecular weight excluding hydrogens is 302 g/mol. The minimum atomic E-state index is -0.189. The maximum atomic E-state index is 9.70. The summed E-state index contributed by atoms with van der Waals surface area (Å²) in [6.45, 7) is 7.67. The average molecular weight is 325 g/mol. The van der Waals surface area contributed by atoms with Crippen LogP contribution in [0.2, 0.25) is 0 Å². The minimum absolute atomic E-state index is 0.189. The van der Waals surface area contributed by atoms with Gasteiger partial charge in [-0.2, -0.15) is 15.0 Å². The molecule has 126 valence electrons. The molecule has 2 heterocycles. The first-order chi connectivity index (χ1) is 11.3. The van der Waals surface area contributed by atoms with Gasteiger partial charge in [0.15, 0.2) is 0 Å². The summed E-state index contributed by atoms with van der Waals surface area (Å²) in [5.41, 5.74) is 7.86. The molecule has 1 aromatic carbocycles. The van der Waals surface area contributed by atoms with Gasteiger partial charge < -0.3 is 15.7 Å². The number of hydrogen-bond acceptors (Lipinski definition) is 6. The number of anilines is 2. The Bertz CT molecular complexity index is 779. The Labute approximate surface area is 142 Å². The molecule has 0 bridgehead atoms. The minimum Gasteiger partial charge on any atom is -0.508 e. The second-order valence-corrected chi connectivity index (χ2v) is 7.06. The summed E-state index contributed by atoms with van der Waals surface area (Å²) >= 11 is 0. The lowest BCUT2D eigenvalue weighted by atomic mass is 9.96. The predicted octanol–water partition coefficient (Wildman–Crippen LogP) is 2.75. The van der Waals surface area contributed by atoms with E-state index in [1.54, 1.807) is 12.1 Å². The summed E-state index contributed by atoms with van der Waals surface area (Å²) in [4.78, 5) is 15.3. The lowest BCUT2D eigenvalue weighted by molar-refractivity contribution is 0.475. The number of rotatable bonds is 2. The van der Waals surface area contributed by atoms with Crippen LogP contribution in [-0.4, -0.2) is 33.1 Å². The first-order valence-electron chi connectivity index (χ1n) is 8.08. The fourth-order valence-electron chi connectivity index (χ4n) is 2.69. The van der Waals surface area contributed by atoms with Gasteiger partial charge in [0.05, 0.1) is 0 Å². The van der Waals surface area contributed by atoms with Crippen LogP contribution < -0.4 is 10.6 Å². The molecule has 1 aromatic heterocycles. The summed E-state index contributed by atoms with van der Waals surface area (Å²) in [6.07, 6.45) is 3.09. The molecule has 24 heavy (non-hydrogen) atoms. The van der Waals surface area contributed by atoms with Crippen LogP contribution in [0.1, 0.15) is 38.6 Å². The molecule has 0 saturated heterocycles. The van der Waals surface area contributed by atoms with Crippen molar-refractivity contribution in [1.29, 1.82) is 0 Å². The van der Waals surface area contributed by atoms with Crippen LogP contribution in [0.3, 0.4) is 0 Å². The molecule has 2 aromatic rings. The van der Waals surface area contributed by atoms with Crippen molar-refractivity contribution in [3.05, 3.63) is 41.7 Å². The number of hydrogen-bond donors (Lipinski definition) is 2. The fourth-order valence-corrected chi connectivity index (χ4v) is 2.69. The molecule has 0 amide bonds. The van der Waals surface area contributed by atoms with E-state index in [1.165, 1.54) is 0 Å². The van der Waals surface area contributed by atoms with Crippen LogP contribution in [-0.2, 0) is 5.41 Å². The standard InChI is InChI=1S/C18H23N5O/c1-18(2,3)15-20-16(19)22-17(21-15)23-9-5-7-13(11-23)12-6-4-8-14(24)10-12/h4,6-8,10,24H,5,9,11H2,1-3H3,(H2,19,20,21,22). The summed E-state index contributed by atoms with van der Waals surface area (Å²) in [5.74, 6) is 1.82. The summed E-state index contributed by atoms with van der Waals surface area (Å²) in [6, 6.07) is 7.30. The van der Waals surface area contributed by atoms with Gasteiger partial charge in [0.1, 0.15) is 11.6 Å². The Morgan fingerprint density at radius 2 is 1.96 bits per heavy atom. The zero-order valence-electron chi connectivity index (χ0n) is 14.3. The highest BCUT2D eigenvalue weighted by atomic mass is 16.3. The van der Waals surface area contributed by atoms with E-state index in [0.29, 0.717) is 18.3 Å². The molecule has 6 nitrogen and oxygen atoms in total. The highest BCUT2D eigenvalue weighted by Gasteiger charge is 2.23. The number of phenolic OH excluding ortho intramolecular Hbond substituents is 1. The van der Waals surface area contributed by atoms with Crippen molar-refractivity contribution in [2.75, 3.05) is 23.7 Å². The molecule has 0 aliphatic carbocycles. The lowest BCUT2D eigenvalue weighted by Gasteiger charge is -2.28. The second kappa shape index (κ2) is 6.11. The van der Waals surface area contributed by atoms with E-state index >= 15 is 0 Å². The molecular formula is C18H23N5O. The van der Waals surface area contributed by atoms with Gasteiger partial charge in [-0.05, 0) is 29.7 Å². The molecule has 0 fully saturated rings. The fraction of sp³-hybridized carbons (Fsp3) is 0.389. The van der Waals surface area contributed by atoms with Gasteiger partial charge >= 0.3 is 0 Å². The van der Waals surface area contributed by atoms with Gasteiger partial charge in [-0.3, -0.25) is 0 Å². The quantitative estimate of drug-likeness (QED) is 0.882. The Morgan fingerprint density at radius 3 is 2.67 bits per heavy atom. The molecule has 0 spiro atoms. The van der Waals surface area contributed by atoms with E-state index in [1.807, 2.05) is 12.1 Å². The highest BCUT2D eigenvalue weighted by molar-refractivity contribution is 5.71. The van der Waals surface area contributed by atoms with Crippen molar-refractivity contribution in [2.24, 2.45) is 0 Å². The molecule has 0 radical (unpaired) electrons. The van der Waals surface area contributed by atoms with Crippen LogP contribution in [0.25, 0.3) is 5.57 Å². The third-order valence-electron chi connectivity index (χ3n) is 3.96. The van der Waals surface area contributed by atoms with Gasteiger partial charge in [-0.15, -0.1) is 0 Å². The molecule has 0 unspecified atom stereocenters. The summed E-state index contributed by atoms with van der Waals surface area (Å²) < 4.78 is 0. The second-order valence-electron chi connectivity index (χ2n) is 7.06. The number of benzene rings is 1. The SMILES string of the molecule is CC(C)(C)c1nc(N)nc(N2CCC=C(c3cccc(O)c3)C2)n1. The number of phenols is 1. The molecule has 0 atom stereocenters. The van der Waals surface area contributed by atoms with Crippen molar-refractivity contribution < 1.29 is 5.11 Å². The smallest absolute Gasteiger partial charge is 0.230 e.